The summed E-state index contributed by atoms with van der Waals surface area (Å²) in [6, 6.07) is 5.55. The van der Waals surface area contributed by atoms with E-state index in [1.165, 1.54) is 0 Å². The number of carbonyl (C=O) groups excluding carboxylic acids is 1. The third-order valence-corrected chi connectivity index (χ3v) is 3.42. The maximum Gasteiger partial charge on any atom is 0.150 e. The molecule has 0 bridgehead atoms. The number of methoxy groups -OCH3 is 1. The maximum atomic E-state index is 11.1. The van der Waals surface area contributed by atoms with E-state index in [4.69, 9.17) is 10.5 Å². The van der Waals surface area contributed by atoms with Crippen LogP contribution in [-0.2, 0) is 5.54 Å². The van der Waals surface area contributed by atoms with Gasteiger partial charge in [0, 0.05) is 11.1 Å². The van der Waals surface area contributed by atoms with Gasteiger partial charge in [0.25, 0.3) is 0 Å². The Bertz CT molecular complexity index is 395. The normalized spacial score (nSPS) is 18.4. The molecule has 86 valence electrons. The first-order valence-corrected chi connectivity index (χ1v) is 5.62. The van der Waals surface area contributed by atoms with E-state index in [0.717, 1.165) is 37.5 Å². The van der Waals surface area contributed by atoms with Crippen LogP contribution in [0.3, 0.4) is 0 Å². The summed E-state index contributed by atoms with van der Waals surface area (Å²) in [4.78, 5) is 11.1. The van der Waals surface area contributed by atoms with Gasteiger partial charge in [-0.05, 0) is 30.5 Å². The number of hydrogen-bond donors (Lipinski definition) is 1. The van der Waals surface area contributed by atoms with Crippen LogP contribution >= 0.6 is 0 Å². The molecule has 0 saturated heterocycles. The molecule has 0 heterocycles. The number of rotatable bonds is 3. The van der Waals surface area contributed by atoms with Crippen molar-refractivity contribution in [3.8, 4) is 5.75 Å². The van der Waals surface area contributed by atoms with Gasteiger partial charge in [-0.3, -0.25) is 4.79 Å². The summed E-state index contributed by atoms with van der Waals surface area (Å²) < 4.78 is 5.11. The summed E-state index contributed by atoms with van der Waals surface area (Å²) in [6.07, 6.45) is 5.06. The fourth-order valence-corrected chi connectivity index (χ4v) is 2.49. The molecule has 16 heavy (non-hydrogen) atoms. The van der Waals surface area contributed by atoms with Crippen molar-refractivity contribution >= 4 is 6.29 Å². The molecule has 2 N–H and O–H groups in total. The summed E-state index contributed by atoms with van der Waals surface area (Å²) in [6.45, 7) is 0. The first-order valence-electron chi connectivity index (χ1n) is 5.62. The highest BCUT2D eigenvalue weighted by Gasteiger charge is 2.33. The standard InChI is InChI=1S/C13H17NO2/c1-16-11-4-5-12(10(8-11)9-15)13(14)6-2-3-7-13/h4-5,8-9H,2-3,6-7,14H2,1H3. The molecule has 0 aromatic heterocycles. The van der Waals surface area contributed by atoms with Gasteiger partial charge in [0.2, 0.25) is 0 Å². The molecule has 1 aliphatic rings. The van der Waals surface area contributed by atoms with Crippen LogP contribution in [-0.4, -0.2) is 13.4 Å². The van der Waals surface area contributed by atoms with E-state index in [-0.39, 0.29) is 5.54 Å². The van der Waals surface area contributed by atoms with Gasteiger partial charge in [-0.2, -0.15) is 0 Å². The van der Waals surface area contributed by atoms with Crippen molar-refractivity contribution in [3.05, 3.63) is 29.3 Å². The van der Waals surface area contributed by atoms with E-state index in [1.807, 2.05) is 12.1 Å². The van der Waals surface area contributed by atoms with Gasteiger partial charge >= 0.3 is 0 Å². The first-order chi connectivity index (χ1) is 7.69. The molecule has 1 aromatic rings. The summed E-state index contributed by atoms with van der Waals surface area (Å²) in [5.74, 6) is 0.701. The van der Waals surface area contributed by atoms with Crippen LogP contribution in [0.1, 0.15) is 41.6 Å². The average Bonchev–Trinajstić information content (AvgIpc) is 2.76. The van der Waals surface area contributed by atoms with E-state index >= 15 is 0 Å². The SMILES string of the molecule is COc1ccc(C2(N)CCCC2)c(C=O)c1. The Morgan fingerprint density at radius 3 is 2.62 bits per heavy atom. The quantitative estimate of drug-likeness (QED) is 0.793. The third kappa shape index (κ3) is 1.83. The molecule has 0 unspecified atom stereocenters. The Kier molecular flexibility index (Phi) is 2.97. The van der Waals surface area contributed by atoms with Gasteiger partial charge in [-0.25, -0.2) is 0 Å². The van der Waals surface area contributed by atoms with Gasteiger partial charge in [-0.15, -0.1) is 0 Å². The third-order valence-electron chi connectivity index (χ3n) is 3.42. The second-order valence-electron chi connectivity index (χ2n) is 4.43. The Morgan fingerprint density at radius 2 is 2.06 bits per heavy atom. The van der Waals surface area contributed by atoms with Crippen LogP contribution in [0.25, 0.3) is 0 Å². The number of aldehydes is 1. The Labute approximate surface area is 95.6 Å². The minimum Gasteiger partial charge on any atom is -0.497 e. The van der Waals surface area contributed by atoms with Crippen molar-refractivity contribution in [2.75, 3.05) is 7.11 Å². The molecule has 3 heteroatoms. The molecule has 1 fully saturated rings. The van der Waals surface area contributed by atoms with Crippen LogP contribution in [0.5, 0.6) is 5.75 Å². The minimum absolute atomic E-state index is 0.317. The monoisotopic (exact) mass is 219 g/mol. The first kappa shape index (κ1) is 11.1. The molecular formula is C13H17NO2. The van der Waals surface area contributed by atoms with E-state index in [9.17, 15) is 4.79 Å². The lowest BCUT2D eigenvalue weighted by atomic mass is 9.86. The molecule has 1 saturated carbocycles. The van der Waals surface area contributed by atoms with Crippen LogP contribution in [0, 0.1) is 0 Å². The van der Waals surface area contributed by atoms with Gasteiger partial charge in [0.05, 0.1) is 7.11 Å². The predicted octanol–water partition coefficient (Wildman–Crippen LogP) is 2.24. The summed E-state index contributed by atoms with van der Waals surface area (Å²) in [5.41, 5.74) is 7.65. The largest absolute Gasteiger partial charge is 0.497 e. The lowest BCUT2D eigenvalue weighted by Crippen LogP contribution is -2.34. The number of benzene rings is 1. The zero-order valence-electron chi connectivity index (χ0n) is 9.53. The fourth-order valence-electron chi connectivity index (χ4n) is 2.49. The summed E-state index contributed by atoms with van der Waals surface area (Å²) in [5, 5.41) is 0. The highest BCUT2D eigenvalue weighted by Crippen LogP contribution is 2.38. The van der Waals surface area contributed by atoms with Crippen molar-refractivity contribution in [2.24, 2.45) is 5.73 Å². The van der Waals surface area contributed by atoms with Crippen molar-refractivity contribution in [1.29, 1.82) is 0 Å². The predicted molar refractivity (Wildman–Crippen MR) is 62.7 cm³/mol. The number of nitrogens with two attached hydrogens (primary N) is 1. The van der Waals surface area contributed by atoms with E-state index in [2.05, 4.69) is 0 Å². The molecule has 0 amide bonds. The zero-order valence-corrected chi connectivity index (χ0v) is 9.53. The smallest absolute Gasteiger partial charge is 0.150 e. The number of hydrogen-bond acceptors (Lipinski definition) is 3. The van der Waals surface area contributed by atoms with Crippen LogP contribution in [0.15, 0.2) is 18.2 Å². The van der Waals surface area contributed by atoms with Gasteiger partial charge in [0.15, 0.2) is 6.29 Å². The molecule has 0 atom stereocenters. The Hall–Kier alpha value is -1.35. The number of ether oxygens (including phenoxy) is 1. The highest BCUT2D eigenvalue weighted by atomic mass is 16.5. The van der Waals surface area contributed by atoms with Crippen molar-refractivity contribution in [2.45, 2.75) is 31.2 Å². The Balaban J connectivity index is 2.43. The topological polar surface area (TPSA) is 52.3 Å². The van der Waals surface area contributed by atoms with Crippen LogP contribution < -0.4 is 10.5 Å². The fraction of sp³-hybridized carbons (Fsp3) is 0.462. The van der Waals surface area contributed by atoms with Crippen molar-refractivity contribution in [1.82, 2.24) is 0 Å². The lowest BCUT2D eigenvalue weighted by Gasteiger charge is -2.25. The molecule has 3 nitrogen and oxygen atoms in total. The Morgan fingerprint density at radius 1 is 1.38 bits per heavy atom. The molecule has 0 aliphatic heterocycles. The lowest BCUT2D eigenvalue weighted by molar-refractivity contribution is 0.112. The molecule has 0 spiro atoms. The van der Waals surface area contributed by atoms with Crippen LogP contribution in [0.4, 0.5) is 0 Å². The second kappa shape index (κ2) is 4.26. The minimum atomic E-state index is -0.317. The molecule has 1 aromatic carbocycles. The van der Waals surface area contributed by atoms with Crippen molar-refractivity contribution in [3.63, 3.8) is 0 Å². The molecule has 0 radical (unpaired) electrons. The van der Waals surface area contributed by atoms with Gasteiger partial charge in [0.1, 0.15) is 5.75 Å². The van der Waals surface area contributed by atoms with E-state index in [1.54, 1.807) is 13.2 Å². The molecule has 1 aliphatic carbocycles. The summed E-state index contributed by atoms with van der Waals surface area (Å²) in [7, 11) is 1.59. The second-order valence-corrected chi connectivity index (χ2v) is 4.43. The number of carbonyl (C=O) groups is 1. The van der Waals surface area contributed by atoms with E-state index in [0.29, 0.717) is 11.3 Å². The van der Waals surface area contributed by atoms with Crippen LogP contribution in [0.2, 0.25) is 0 Å². The summed E-state index contributed by atoms with van der Waals surface area (Å²) >= 11 is 0. The maximum absolute atomic E-state index is 11.1. The van der Waals surface area contributed by atoms with Gasteiger partial charge < -0.3 is 10.5 Å². The highest BCUT2D eigenvalue weighted by molar-refractivity contribution is 5.79. The zero-order chi connectivity index (χ0) is 11.6. The van der Waals surface area contributed by atoms with E-state index < -0.39 is 0 Å². The van der Waals surface area contributed by atoms with Crippen molar-refractivity contribution < 1.29 is 9.53 Å². The molecule has 2 rings (SSSR count). The van der Waals surface area contributed by atoms with Gasteiger partial charge in [-0.1, -0.05) is 18.9 Å². The average molecular weight is 219 g/mol. The molecular weight excluding hydrogens is 202 g/mol.